The van der Waals surface area contributed by atoms with Crippen molar-refractivity contribution in [2.24, 2.45) is 0 Å². The third-order valence-corrected chi connectivity index (χ3v) is 5.98. The van der Waals surface area contributed by atoms with Crippen LogP contribution in [0.3, 0.4) is 0 Å². The molecule has 2 heterocycles. The van der Waals surface area contributed by atoms with Crippen molar-refractivity contribution in [2.75, 3.05) is 31.6 Å². The van der Waals surface area contributed by atoms with Gasteiger partial charge >= 0.3 is 11.7 Å². The summed E-state index contributed by atoms with van der Waals surface area (Å²) in [5, 5.41) is 15.1. The van der Waals surface area contributed by atoms with Crippen LogP contribution in [-0.4, -0.2) is 57.6 Å². The first-order valence-electron chi connectivity index (χ1n) is 10.8. The minimum atomic E-state index is -0.564. The van der Waals surface area contributed by atoms with Crippen LogP contribution < -0.4 is 10.1 Å². The minimum Gasteiger partial charge on any atom is -0.487 e. The van der Waals surface area contributed by atoms with E-state index in [-0.39, 0.29) is 41.1 Å². The number of ether oxygens (including phenoxy) is 2. The third-order valence-electron chi connectivity index (χ3n) is 5.69. The van der Waals surface area contributed by atoms with Crippen molar-refractivity contribution < 1.29 is 23.6 Å². The lowest BCUT2D eigenvalue weighted by atomic mass is 10.0. The quantitative estimate of drug-likeness (QED) is 0.205. The van der Waals surface area contributed by atoms with Gasteiger partial charge in [0, 0.05) is 24.4 Å². The number of fused-ring (bicyclic) bond motifs is 1. The van der Waals surface area contributed by atoms with E-state index in [4.69, 9.17) is 21.1 Å². The molecule has 0 spiro atoms. The Morgan fingerprint density at radius 1 is 1.31 bits per heavy atom. The number of anilines is 2. The highest BCUT2D eigenvalue weighted by molar-refractivity contribution is 6.31. The van der Waals surface area contributed by atoms with Gasteiger partial charge in [-0.2, -0.15) is 0 Å². The summed E-state index contributed by atoms with van der Waals surface area (Å²) in [6.45, 7) is 5.25. The van der Waals surface area contributed by atoms with E-state index in [9.17, 15) is 19.3 Å². The molecule has 4 rings (SSSR count). The molecule has 0 bridgehead atoms. The molecule has 1 aliphatic heterocycles. The lowest BCUT2D eigenvalue weighted by molar-refractivity contribution is -0.385. The summed E-state index contributed by atoms with van der Waals surface area (Å²) in [6.07, 6.45) is 1.86. The predicted molar refractivity (Wildman–Crippen MR) is 128 cm³/mol. The van der Waals surface area contributed by atoms with E-state index >= 15 is 0 Å². The van der Waals surface area contributed by atoms with Gasteiger partial charge in [0.2, 0.25) is 0 Å². The number of benzene rings is 2. The molecule has 0 amide bonds. The molecule has 10 nitrogen and oxygen atoms in total. The summed E-state index contributed by atoms with van der Waals surface area (Å²) in [4.78, 5) is 33.2. The van der Waals surface area contributed by atoms with E-state index in [0.29, 0.717) is 42.0 Å². The maximum atomic E-state index is 13.5. The van der Waals surface area contributed by atoms with Gasteiger partial charge in [0.15, 0.2) is 5.75 Å². The predicted octanol–water partition coefficient (Wildman–Crippen LogP) is 4.48. The number of cyclic esters (lactones) is 1. The van der Waals surface area contributed by atoms with Gasteiger partial charge in [-0.3, -0.25) is 19.8 Å². The first-order chi connectivity index (χ1) is 16.6. The van der Waals surface area contributed by atoms with E-state index in [1.165, 1.54) is 36.7 Å². The largest absolute Gasteiger partial charge is 0.487 e. The van der Waals surface area contributed by atoms with Gasteiger partial charge in [-0.15, -0.1) is 0 Å². The smallest absolute Gasteiger partial charge is 0.320 e. The maximum Gasteiger partial charge on any atom is 0.320 e. The van der Waals surface area contributed by atoms with Crippen LogP contribution in [0.2, 0.25) is 5.02 Å². The van der Waals surface area contributed by atoms with Crippen molar-refractivity contribution >= 4 is 45.7 Å². The molecule has 2 aromatic carbocycles. The summed E-state index contributed by atoms with van der Waals surface area (Å²) in [5.74, 6) is -0.464. The second-order valence-electron chi connectivity index (χ2n) is 8.67. The van der Waals surface area contributed by atoms with Crippen LogP contribution in [0.5, 0.6) is 5.75 Å². The number of nitro benzene ring substituents is 1. The standard InChI is InChI=1S/C23H23ClFN5O5/c1-23(2)12-35-21(31)11-29(23)6-3-7-34-20-10-18-15(9-19(20)30(32)33)22(27-13-26-18)28-14-4-5-17(25)16(24)8-14/h4-5,8-10,13H,3,6-7,11-12H2,1-2H3,(H,26,27,28). The van der Waals surface area contributed by atoms with Crippen LogP contribution in [0.4, 0.5) is 21.6 Å². The first-order valence-corrected chi connectivity index (χ1v) is 11.2. The van der Waals surface area contributed by atoms with E-state index in [0.717, 1.165) is 0 Å². The summed E-state index contributed by atoms with van der Waals surface area (Å²) < 4.78 is 24.3. The monoisotopic (exact) mass is 503 g/mol. The number of morpholine rings is 1. The average molecular weight is 504 g/mol. The van der Waals surface area contributed by atoms with Crippen LogP contribution in [0, 0.1) is 15.9 Å². The molecule has 1 saturated heterocycles. The number of rotatable bonds is 8. The van der Waals surface area contributed by atoms with Crippen molar-refractivity contribution in [2.45, 2.75) is 25.8 Å². The van der Waals surface area contributed by atoms with E-state index in [2.05, 4.69) is 15.3 Å². The Morgan fingerprint density at radius 3 is 2.86 bits per heavy atom. The second kappa shape index (κ2) is 9.96. The lowest BCUT2D eigenvalue weighted by Gasteiger charge is -2.41. The number of carbonyl (C=O) groups excluding carboxylic acids is 1. The van der Waals surface area contributed by atoms with Crippen molar-refractivity contribution in [3.8, 4) is 5.75 Å². The number of hydrogen-bond donors (Lipinski definition) is 1. The third kappa shape index (κ3) is 5.57. The molecule has 0 aliphatic carbocycles. The van der Waals surface area contributed by atoms with Crippen molar-refractivity contribution in [1.29, 1.82) is 0 Å². The van der Waals surface area contributed by atoms with Crippen molar-refractivity contribution in [1.82, 2.24) is 14.9 Å². The van der Waals surface area contributed by atoms with Gasteiger partial charge in [0.25, 0.3) is 0 Å². The van der Waals surface area contributed by atoms with Gasteiger partial charge < -0.3 is 14.8 Å². The zero-order valence-corrected chi connectivity index (χ0v) is 19.8. The number of nitrogens with one attached hydrogen (secondary N) is 1. The SMILES string of the molecule is CC1(C)COC(=O)CN1CCCOc1cc2ncnc(Nc3ccc(F)c(Cl)c3)c2cc1[N+](=O)[O-]. The molecule has 0 unspecified atom stereocenters. The molecule has 1 aliphatic rings. The molecular weight excluding hydrogens is 481 g/mol. The summed E-state index contributed by atoms with van der Waals surface area (Å²) in [5.41, 5.74) is 0.354. The Bertz CT molecular complexity index is 1290. The molecule has 1 aromatic heterocycles. The van der Waals surface area contributed by atoms with Gasteiger partial charge in [0.1, 0.15) is 24.6 Å². The Hall–Kier alpha value is -3.57. The Balaban J connectivity index is 1.51. The normalized spacial score (nSPS) is 15.6. The number of hydrogen-bond acceptors (Lipinski definition) is 9. The Labute approximate surface area is 205 Å². The topological polar surface area (TPSA) is 120 Å². The zero-order chi connectivity index (χ0) is 25.2. The number of esters is 1. The number of halogens is 2. The van der Waals surface area contributed by atoms with Crippen molar-refractivity contribution in [3.05, 3.63) is 57.6 Å². The number of carbonyl (C=O) groups is 1. The summed E-state index contributed by atoms with van der Waals surface area (Å²) in [6, 6.07) is 6.89. The van der Waals surface area contributed by atoms with Gasteiger partial charge in [-0.25, -0.2) is 14.4 Å². The highest BCUT2D eigenvalue weighted by Gasteiger charge is 2.34. The van der Waals surface area contributed by atoms with E-state index < -0.39 is 10.7 Å². The fourth-order valence-electron chi connectivity index (χ4n) is 3.72. The second-order valence-corrected chi connectivity index (χ2v) is 9.07. The van der Waals surface area contributed by atoms with Gasteiger partial charge in [0.05, 0.1) is 39.5 Å². The molecule has 0 saturated carbocycles. The highest BCUT2D eigenvalue weighted by Crippen LogP contribution is 2.35. The fourth-order valence-corrected chi connectivity index (χ4v) is 3.90. The Kier molecular flexibility index (Phi) is 6.99. The van der Waals surface area contributed by atoms with Gasteiger partial charge in [-0.1, -0.05) is 11.6 Å². The van der Waals surface area contributed by atoms with Crippen LogP contribution in [-0.2, 0) is 9.53 Å². The zero-order valence-electron chi connectivity index (χ0n) is 19.1. The molecule has 0 radical (unpaired) electrons. The molecule has 0 atom stereocenters. The van der Waals surface area contributed by atoms with Crippen LogP contribution in [0.25, 0.3) is 10.9 Å². The summed E-state index contributed by atoms with van der Waals surface area (Å²) >= 11 is 5.84. The highest BCUT2D eigenvalue weighted by atomic mass is 35.5. The Morgan fingerprint density at radius 2 is 2.11 bits per heavy atom. The van der Waals surface area contributed by atoms with Crippen molar-refractivity contribution in [3.63, 3.8) is 0 Å². The maximum absolute atomic E-state index is 13.5. The molecule has 35 heavy (non-hydrogen) atoms. The summed E-state index contributed by atoms with van der Waals surface area (Å²) in [7, 11) is 0. The number of nitrogens with zero attached hydrogens (tertiary/aromatic N) is 4. The lowest BCUT2D eigenvalue weighted by Crippen LogP contribution is -2.55. The van der Waals surface area contributed by atoms with Crippen LogP contribution in [0.1, 0.15) is 20.3 Å². The van der Waals surface area contributed by atoms with E-state index in [1.807, 2.05) is 18.7 Å². The fraction of sp³-hybridized carbons (Fsp3) is 0.348. The molecular formula is C23H23ClFN5O5. The van der Waals surface area contributed by atoms with Gasteiger partial charge in [-0.05, 0) is 38.5 Å². The molecule has 184 valence electrons. The minimum absolute atomic E-state index is 0.0696. The molecule has 3 aromatic rings. The molecule has 12 heteroatoms. The number of aromatic nitrogens is 2. The average Bonchev–Trinajstić information content (AvgIpc) is 2.81. The molecule has 1 fully saturated rings. The number of nitro groups is 1. The molecule has 1 N–H and O–H groups in total. The van der Waals surface area contributed by atoms with Crippen LogP contribution >= 0.6 is 11.6 Å². The van der Waals surface area contributed by atoms with Crippen LogP contribution in [0.15, 0.2) is 36.7 Å². The van der Waals surface area contributed by atoms with E-state index in [1.54, 1.807) is 0 Å². The first kappa shape index (κ1) is 24.6.